The van der Waals surface area contributed by atoms with Crippen LogP contribution >= 0.6 is 0 Å². The Hall–Kier alpha value is -1.96. The van der Waals surface area contributed by atoms with Gasteiger partial charge in [0.2, 0.25) is 11.9 Å². The van der Waals surface area contributed by atoms with E-state index in [2.05, 4.69) is 20.5 Å². The third-order valence-electron chi connectivity index (χ3n) is 2.98. The van der Waals surface area contributed by atoms with Crippen molar-refractivity contribution in [1.82, 2.24) is 20.1 Å². The highest BCUT2D eigenvalue weighted by atomic mass is 16.4. The molecule has 1 aromatic heterocycles. The van der Waals surface area contributed by atoms with Crippen molar-refractivity contribution in [2.75, 3.05) is 25.0 Å². The molecule has 0 spiro atoms. The Bertz CT molecular complexity index is 411. The lowest BCUT2D eigenvalue weighted by molar-refractivity contribution is -0.143. The summed E-state index contributed by atoms with van der Waals surface area (Å²) < 4.78 is 0. The van der Waals surface area contributed by atoms with Gasteiger partial charge >= 0.3 is 5.97 Å². The number of carboxylic acids is 1. The molecule has 2 rings (SSSR count). The summed E-state index contributed by atoms with van der Waals surface area (Å²) in [5.41, 5.74) is 0. The van der Waals surface area contributed by atoms with E-state index in [9.17, 15) is 9.59 Å². The maximum Gasteiger partial charge on any atom is 0.306 e. The zero-order chi connectivity index (χ0) is 13.0. The summed E-state index contributed by atoms with van der Waals surface area (Å²) in [4.78, 5) is 28.1. The van der Waals surface area contributed by atoms with E-state index in [0.29, 0.717) is 31.9 Å². The van der Waals surface area contributed by atoms with Gasteiger partial charge in [0.25, 0.3) is 0 Å². The Morgan fingerprint density at radius 3 is 2.78 bits per heavy atom. The highest BCUT2D eigenvalue weighted by Crippen LogP contribution is 2.16. The topological polar surface area (TPSA) is 111 Å². The van der Waals surface area contributed by atoms with Crippen molar-refractivity contribution in [3.8, 4) is 0 Å². The molecule has 1 saturated heterocycles. The molecule has 0 bridgehead atoms. The number of carbonyl (C=O) groups is 2. The van der Waals surface area contributed by atoms with Gasteiger partial charge in [-0.25, -0.2) is 5.10 Å². The lowest BCUT2D eigenvalue weighted by Crippen LogP contribution is -2.40. The van der Waals surface area contributed by atoms with Crippen LogP contribution < -0.4 is 5.32 Å². The van der Waals surface area contributed by atoms with Gasteiger partial charge in [-0.2, -0.15) is 10.1 Å². The number of nitrogens with zero attached hydrogens (tertiary/aromatic N) is 3. The van der Waals surface area contributed by atoms with E-state index in [1.165, 1.54) is 6.33 Å². The second kappa shape index (κ2) is 5.58. The average Bonchev–Trinajstić information content (AvgIpc) is 2.82. The van der Waals surface area contributed by atoms with Gasteiger partial charge < -0.3 is 5.11 Å². The smallest absolute Gasteiger partial charge is 0.306 e. The van der Waals surface area contributed by atoms with Crippen LogP contribution in [0.2, 0.25) is 0 Å². The van der Waals surface area contributed by atoms with Crippen LogP contribution in [0, 0.1) is 5.92 Å². The Balaban J connectivity index is 1.74. The normalized spacial score (nSPS) is 17.6. The van der Waals surface area contributed by atoms with E-state index in [4.69, 9.17) is 5.11 Å². The average molecular weight is 253 g/mol. The predicted molar refractivity (Wildman–Crippen MR) is 61.8 cm³/mol. The first-order valence-electron chi connectivity index (χ1n) is 5.75. The third-order valence-corrected chi connectivity index (χ3v) is 2.98. The fraction of sp³-hybridized carbons (Fsp3) is 0.600. The van der Waals surface area contributed by atoms with Gasteiger partial charge in [-0.3, -0.25) is 19.8 Å². The number of aromatic nitrogens is 3. The molecule has 1 amide bonds. The van der Waals surface area contributed by atoms with Crippen molar-refractivity contribution < 1.29 is 14.7 Å². The molecule has 8 heteroatoms. The fourth-order valence-electron chi connectivity index (χ4n) is 1.98. The first-order valence-corrected chi connectivity index (χ1v) is 5.75. The number of amides is 1. The number of aliphatic carboxylic acids is 1. The van der Waals surface area contributed by atoms with E-state index < -0.39 is 5.97 Å². The molecular weight excluding hydrogens is 238 g/mol. The van der Waals surface area contributed by atoms with E-state index in [1.807, 2.05) is 4.90 Å². The second-order valence-corrected chi connectivity index (χ2v) is 4.27. The summed E-state index contributed by atoms with van der Waals surface area (Å²) >= 11 is 0. The zero-order valence-corrected chi connectivity index (χ0v) is 9.80. The fourth-order valence-corrected chi connectivity index (χ4v) is 1.98. The van der Waals surface area contributed by atoms with Gasteiger partial charge in [0.1, 0.15) is 6.33 Å². The van der Waals surface area contributed by atoms with Crippen LogP contribution in [0.15, 0.2) is 6.33 Å². The first-order chi connectivity index (χ1) is 8.65. The third kappa shape index (κ3) is 3.27. The summed E-state index contributed by atoms with van der Waals surface area (Å²) in [6, 6.07) is 0. The number of hydrogen-bond acceptors (Lipinski definition) is 5. The highest BCUT2D eigenvalue weighted by Gasteiger charge is 2.25. The SMILES string of the molecule is O=C(CN1CCC(C(=O)O)CC1)Nc1ncn[nH]1. The molecule has 0 unspecified atom stereocenters. The predicted octanol–water partition coefficient (Wildman–Crippen LogP) is -0.460. The number of likely N-dealkylation sites (tertiary alicyclic amines) is 1. The zero-order valence-electron chi connectivity index (χ0n) is 9.80. The Kier molecular flexibility index (Phi) is 3.88. The van der Waals surface area contributed by atoms with Crippen LogP contribution in [0.4, 0.5) is 5.95 Å². The van der Waals surface area contributed by atoms with Crippen molar-refractivity contribution in [2.45, 2.75) is 12.8 Å². The van der Waals surface area contributed by atoms with Crippen molar-refractivity contribution in [3.63, 3.8) is 0 Å². The standard InChI is InChI=1S/C10H15N5O3/c16-8(13-10-11-6-12-14-10)5-15-3-1-7(2-4-15)9(17)18/h6-7H,1-5H2,(H,17,18)(H2,11,12,13,14,16). The minimum atomic E-state index is -0.749. The number of carboxylic acid groups (broad SMARTS) is 1. The molecule has 0 aromatic carbocycles. The number of piperidine rings is 1. The monoisotopic (exact) mass is 253 g/mol. The van der Waals surface area contributed by atoms with Crippen LogP contribution in [0.25, 0.3) is 0 Å². The van der Waals surface area contributed by atoms with Crippen LogP contribution in [0.1, 0.15) is 12.8 Å². The van der Waals surface area contributed by atoms with E-state index in [-0.39, 0.29) is 18.4 Å². The minimum absolute atomic E-state index is 0.180. The molecule has 1 fully saturated rings. The number of hydrogen-bond donors (Lipinski definition) is 3. The Morgan fingerprint density at radius 1 is 1.50 bits per heavy atom. The summed E-state index contributed by atoms with van der Waals surface area (Å²) in [6.07, 6.45) is 2.49. The molecule has 0 saturated carbocycles. The molecule has 0 aliphatic carbocycles. The lowest BCUT2D eigenvalue weighted by Gasteiger charge is -2.29. The molecule has 0 radical (unpaired) electrons. The largest absolute Gasteiger partial charge is 0.481 e. The van der Waals surface area contributed by atoms with Crippen LogP contribution in [-0.2, 0) is 9.59 Å². The first kappa shape index (κ1) is 12.5. The Morgan fingerprint density at radius 2 is 2.22 bits per heavy atom. The summed E-state index contributed by atoms with van der Waals surface area (Å²) in [5.74, 6) is -0.889. The van der Waals surface area contributed by atoms with Crippen LogP contribution in [-0.4, -0.2) is 56.7 Å². The molecule has 1 aromatic rings. The number of carbonyl (C=O) groups excluding carboxylic acids is 1. The number of nitrogens with one attached hydrogen (secondary N) is 2. The van der Waals surface area contributed by atoms with Gasteiger partial charge in [0.05, 0.1) is 12.5 Å². The maximum absolute atomic E-state index is 11.6. The van der Waals surface area contributed by atoms with E-state index in [1.54, 1.807) is 0 Å². The highest BCUT2D eigenvalue weighted by molar-refractivity contribution is 5.90. The number of H-pyrrole nitrogens is 1. The number of rotatable bonds is 4. The minimum Gasteiger partial charge on any atom is -0.481 e. The van der Waals surface area contributed by atoms with Crippen LogP contribution in [0.5, 0.6) is 0 Å². The van der Waals surface area contributed by atoms with E-state index in [0.717, 1.165) is 0 Å². The lowest BCUT2D eigenvalue weighted by atomic mass is 9.97. The van der Waals surface area contributed by atoms with Crippen LogP contribution in [0.3, 0.4) is 0 Å². The van der Waals surface area contributed by atoms with Crippen molar-refractivity contribution in [3.05, 3.63) is 6.33 Å². The van der Waals surface area contributed by atoms with Gasteiger partial charge in [-0.1, -0.05) is 0 Å². The maximum atomic E-state index is 11.6. The molecule has 18 heavy (non-hydrogen) atoms. The molecule has 2 heterocycles. The van der Waals surface area contributed by atoms with Crippen molar-refractivity contribution >= 4 is 17.8 Å². The van der Waals surface area contributed by atoms with Gasteiger partial charge in [0.15, 0.2) is 0 Å². The van der Waals surface area contributed by atoms with Crippen molar-refractivity contribution in [1.29, 1.82) is 0 Å². The quantitative estimate of drug-likeness (QED) is 0.669. The van der Waals surface area contributed by atoms with Gasteiger partial charge in [-0.15, -0.1) is 0 Å². The Labute approximate surface area is 103 Å². The molecule has 98 valence electrons. The van der Waals surface area contributed by atoms with Gasteiger partial charge in [0, 0.05) is 0 Å². The molecule has 1 aliphatic rings. The molecule has 3 N–H and O–H groups in total. The summed E-state index contributed by atoms with van der Waals surface area (Å²) in [5, 5.41) is 17.6. The second-order valence-electron chi connectivity index (χ2n) is 4.27. The summed E-state index contributed by atoms with van der Waals surface area (Å²) in [6.45, 7) is 1.49. The number of aromatic amines is 1. The summed E-state index contributed by atoms with van der Waals surface area (Å²) in [7, 11) is 0. The number of anilines is 1. The molecule has 8 nitrogen and oxygen atoms in total. The molecule has 0 atom stereocenters. The van der Waals surface area contributed by atoms with Crippen molar-refractivity contribution in [2.24, 2.45) is 5.92 Å². The van der Waals surface area contributed by atoms with Gasteiger partial charge in [-0.05, 0) is 25.9 Å². The molecular formula is C10H15N5O3. The van der Waals surface area contributed by atoms with E-state index >= 15 is 0 Å². The molecule has 1 aliphatic heterocycles.